The van der Waals surface area contributed by atoms with Gasteiger partial charge in [0.25, 0.3) is 0 Å². The molecule has 0 aliphatic carbocycles. The van der Waals surface area contributed by atoms with Gasteiger partial charge in [0.05, 0.1) is 31.0 Å². The molecule has 1 saturated heterocycles. The van der Waals surface area contributed by atoms with Gasteiger partial charge < -0.3 is 19.3 Å². The lowest BCUT2D eigenvalue weighted by molar-refractivity contribution is 0.000857. The lowest BCUT2D eigenvalue weighted by Gasteiger charge is -2.20. The van der Waals surface area contributed by atoms with Gasteiger partial charge in [-0.05, 0) is 24.1 Å². The first-order valence-corrected chi connectivity index (χ1v) is 8.87. The molecule has 0 amide bonds. The Labute approximate surface area is 153 Å². The van der Waals surface area contributed by atoms with Gasteiger partial charge in [-0.25, -0.2) is 4.79 Å². The van der Waals surface area contributed by atoms with E-state index in [1.165, 1.54) is 0 Å². The maximum absolute atomic E-state index is 12.0. The van der Waals surface area contributed by atoms with Crippen LogP contribution in [-0.4, -0.2) is 43.1 Å². The smallest absolute Gasteiger partial charge is 0.338 e. The normalized spacial score (nSPS) is 22.3. The van der Waals surface area contributed by atoms with Gasteiger partial charge in [-0.3, -0.25) is 0 Å². The molecule has 1 heterocycles. The number of aliphatic hydroxyl groups is 1. The highest BCUT2D eigenvalue weighted by molar-refractivity contribution is 5.89. The number of carbonyl (C=O) groups is 1. The van der Waals surface area contributed by atoms with Crippen LogP contribution in [0.4, 0.5) is 0 Å². The van der Waals surface area contributed by atoms with Gasteiger partial charge in [0.15, 0.2) is 0 Å². The third-order valence-corrected chi connectivity index (χ3v) is 4.55. The summed E-state index contributed by atoms with van der Waals surface area (Å²) in [7, 11) is 0. The Kier molecular flexibility index (Phi) is 6.77. The summed E-state index contributed by atoms with van der Waals surface area (Å²) in [5.41, 5.74) is 1.62. The highest BCUT2D eigenvalue weighted by atomic mass is 16.6. The van der Waals surface area contributed by atoms with Gasteiger partial charge in [0.1, 0.15) is 6.61 Å². The molecule has 2 aromatic rings. The summed E-state index contributed by atoms with van der Waals surface area (Å²) in [4.78, 5) is 12.0. The fourth-order valence-corrected chi connectivity index (χ4v) is 3.07. The van der Waals surface area contributed by atoms with E-state index in [1.54, 1.807) is 24.3 Å². The molecule has 5 heteroatoms. The molecular formula is C21H24O5. The quantitative estimate of drug-likeness (QED) is 0.582. The summed E-state index contributed by atoms with van der Waals surface area (Å²) in [6.07, 6.45) is -0.213. The lowest BCUT2D eigenvalue weighted by atomic mass is 9.96. The number of carbonyl (C=O) groups excluding carboxylic acids is 1. The van der Waals surface area contributed by atoms with Gasteiger partial charge in [0, 0.05) is 12.5 Å². The van der Waals surface area contributed by atoms with E-state index in [0.29, 0.717) is 25.2 Å². The van der Waals surface area contributed by atoms with Crippen LogP contribution in [0.15, 0.2) is 60.7 Å². The largest absolute Gasteiger partial charge is 0.459 e. The highest BCUT2D eigenvalue weighted by Crippen LogP contribution is 2.25. The summed E-state index contributed by atoms with van der Waals surface area (Å²) in [6.45, 7) is 1.45. The second-order valence-electron chi connectivity index (χ2n) is 6.39. The van der Waals surface area contributed by atoms with Crippen molar-refractivity contribution in [2.75, 3.05) is 19.8 Å². The Morgan fingerprint density at radius 3 is 2.50 bits per heavy atom. The lowest BCUT2D eigenvalue weighted by Crippen LogP contribution is -2.30. The number of ether oxygens (including phenoxy) is 3. The number of hydrogen-bond donors (Lipinski definition) is 1. The number of aliphatic hydroxyl groups excluding tert-OH is 1. The zero-order chi connectivity index (χ0) is 18.2. The van der Waals surface area contributed by atoms with E-state index in [2.05, 4.69) is 0 Å². The standard InChI is InChI=1S/C21H24O5/c22-19-14-25-20(15-26-21(23)17-9-5-2-6-10-17)18(19)11-12-24-13-16-7-3-1-4-8-16/h1-10,18-20,22H,11-15H2/t18?,19?,20-/m1/s1. The molecule has 1 N–H and O–H groups in total. The van der Waals surface area contributed by atoms with Crippen molar-refractivity contribution in [2.45, 2.75) is 25.2 Å². The van der Waals surface area contributed by atoms with E-state index >= 15 is 0 Å². The van der Waals surface area contributed by atoms with Crippen LogP contribution in [0.2, 0.25) is 0 Å². The average Bonchev–Trinajstić information content (AvgIpc) is 3.04. The maximum Gasteiger partial charge on any atom is 0.338 e. The van der Waals surface area contributed by atoms with Crippen molar-refractivity contribution in [3.05, 3.63) is 71.8 Å². The van der Waals surface area contributed by atoms with Crippen LogP contribution in [0.5, 0.6) is 0 Å². The SMILES string of the molecule is O=C(OC[C@H]1OCC(O)C1CCOCc1ccccc1)c1ccccc1. The van der Waals surface area contributed by atoms with Crippen molar-refractivity contribution in [3.63, 3.8) is 0 Å². The van der Waals surface area contributed by atoms with E-state index in [-0.39, 0.29) is 31.2 Å². The second kappa shape index (κ2) is 9.48. The molecule has 0 saturated carbocycles. The summed E-state index contributed by atoms with van der Waals surface area (Å²) >= 11 is 0. The van der Waals surface area contributed by atoms with Crippen LogP contribution in [-0.2, 0) is 20.8 Å². The summed E-state index contributed by atoms with van der Waals surface area (Å²) < 4.78 is 16.6. The molecular weight excluding hydrogens is 332 g/mol. The van der Waals surface area contributed by atoms with Crippen LogP contribution in [0, 0.1) is 5.92 Å². The molecule has 0 bridgehead atoms. The highest BCUT2D eigenvalue weighted by Gasteiger charge is 2.36. The number of rotatable bonds is 8. The first kappa shape index (κ1) is 18.6. The summed E-state index contributed by atoms with van der Waals surface area (Å²) in [5.74, 6) is -0.482. The van der Waals surface area contributed by atoms with E-state index in [1.807, 2.05) is 36.4 Å². The molecule has 3 rings (SSSR count). The van der Waals surface area contributed by atoms with Crippen LogP contribution in [0.3, 0.4) is 0 Å². The fraction of sp³-hybridized carbons (Fsp3) is 0.381. The van der Waals surface area contributed by atoms with Crippen LogP contribution < -0.4 is 0 Å². The zero-order valence-electron chi connectivity index (χ0n) is 14.6. The third kappa shape index (κ3) is 5.14. The molecule has 0 spiro atoms. The van der Waals surface area contributed by atoms with E-state index in [0.717, 1.165) is 5.56 Å². The molecule has 138 valence electrons. The van der Waals surface area contributed by atoms with Crippen molar-refractivity contribution in [3.8, 4) is 0 Å². The predicted molar refractivity (Wildman–Crippen MR) is 96.7 cm³/mol. The van der Waals surface area contributed by atoms with E-state index in [9.17, 15) is 9.90 Å². The topological polar surface area (TPSA) is 65.0 Å². The molecule has 3 atom stereocenters. The van der Waals surface area contributed by atoms with E-state index < -0.39 is 6.10 Å². The minimum atomic E-state index is -0.559. The number of esters is 1. The molecule has 1 fully saturated rings. The van der Waals surface area contributed by atoms with Crippen LogP contribution in [0.25, 0.3) is 0 Å². The van der Waals surface area contributed by atoms with Gasteiger partial charge in [-0.15, -0.1) is 0 Å². The molecule has 0 aromatic heterocycles. The first-order valence-electron chi connectivity index (χ1n) is 8.87. The Balaban J connectivity index is 1.43. The third-order valence-electron chi connectivity index (χ3n) is 4.55. The van der Waals surface area contributed by atoms with Crippen LogP contribution >= 0.6 is 0 Å². The molecule has 5 nitrogen and oxygen atoms in total. The van der Waals surface area contributed by atoms with E-state index in [4.69, 9.17) is 14.2 Å². The molecule has 2 unspecified atom stereocenters. The summed E-state index contributed by atoms with van der Waals surface area (Å²) in [5, 5.41) is 10.1. The fourth-order valence-electron chi connectivity index (χ4n) is 3.07. The molecule has 1 aliphatic rings. The summed E-state index contributed by atoms with van der Waals surface area (Å²) in [6, 6.07) is 18.8. The molecule has 2 aromatic carbocycles. The maximum atomic E-state index is 12.0. The Morgan fingerprint density at radius 1 is 1.08 bits per heavy atom. The van der Waals surface area contributed by atoms with Crippen LogP contribution in [0.1, 0.15) is 22.3 Å². The van der Waals surface area contributed by atoms with Gasteiger partial charge in [-0.1, -0.05) is 48.5 Å². The van der Waals surface area contributed by atoms with Gasteiger partial charge in [-0.2, -0.15) is 0 Å². The van der Waals surface area contributed by atoms with Crippen molar-refractivity contribution in [2.24, 2.45) is 5.92 Å². The number of benzene rings is 2. The Morgan fingerprint density at radius 2 is 1.77 bits per heavy atom. The molecule has 1 aliphatic heterocycles. The molecule has 26 heavy (non-hydrogen) atoms. The van der Waals surface area contributed by atoms with Gasteiger partial charge >= 0.3 is 5.97 Å². The minimum absolute atomic E-state index is 0.102. The van der Waals surface area contributed by atoms with Crippen molar-refractivity contribution >= 4 is 5.97 Å². The van der Waals surface area contributed by atoms with Crippen molar-refractivity contribution in [1.29, 1.82) is 0 Å². The molecule has 0 radical (unpaired) electrons. The zero-order valence-corrected chi connectivity index (χ0v) is 14.6. The first-order chi connectivity index (χ1) is 12.7. The van der Waals surface area contributed by atoms with Crippen molar-refractivity contribution < 1.29 is 24.1 Å². The predicted octanol–water partition coefficient (Wildman–Crippen LogP) is 2.83. The second-order valence-corrected chi connectivity index (χ2v) is 6.39. The minimum Gasteiger partial charge on any atom is -0.459 e. The average molecular weight is 356 g/mol. The number of hydrogen-bond acceptors (Lipinski definition) is 5. The van der Waals surface area contributed by atoms with Crippen molar-refractivity contribution in [1.82, 2.24) is 0 Å². The monoisotopic (exact) mass is 356 g/mol. The Bertz CT molecular complexity index is 673. The van der Waals surface area contributed by atoms with Gasteiger partial charge in [0.2, 0.25) is 0 Å². The Hall–Kier alpha value is -2.21.